The first-order valence-corrected chi connectivity index (χ1v) is 7.21. The van der Waals surface area contributed by atoms with Crippen LogP contribution in [0.5, 0.6) is 11.8 Å². The molecule has 0 aliphatic rings. The largest absolute Gasteiger partial charge is 0.497 e. The second-order valence-electron chi connectivity index (χ2n) is 4.28. The van der Waals surface area contributed by atoms with Gasteiger partial charge in [0.2, 0.25) is 0 Å². The van der Waals surface area contributed by atoms with Crippen LogP contribution in [0.15, 0.2) is 36.5 Å². The second-order valence-corrected chi connectivity index (χ2v) is 5.36. The van der Waals surface area contributed by atoms with Crippen molar-refractivity contribution in [3.63, 3.8) is 0 Å². The molecule has 0 N–H and O–H groups in total. The Hall–Kier alpha value is -2.21. The number of ether oxygens (including phenoxy) is 2. The van der Waals surface area contributed by atoms with Gasteiger partial charge in [-0.3, -0.25) is 0 Å². The minimum Gasteiger partial charge on any atom is -0.497 e. The summed E-state index contributed by atoms with van der Waals surface area (Å²) < 4.78 is 23.6. The van der Waals surface area contributed by atoms with E-state index in [1.54, 1.807) is 24.6 Å². The molecule has 0 spiro atoms. The SMILES string of the molecule is COc1ccc2cc(-c3ccnc(OCCF)n3)sc2c1. The number of hydrogen-bond acceptors (Lipinski definition) is 5. The topological polar surface area (TPSA) is 44.2 Å². The van der Waals surface area contributed by atoms with Crippen LogP contribution in [-0.4, -0.2) is 30.4 Å². The van der Waals surface area contributed by atoms with E-state index >= 15 is 0 Å². The molecular formula is C15H13FN2O2S. The lowest BCUT2D eigenvalue weighted by molar-refractivity contribution is 0.255. The Morgan fingerprint density at radius 3 is 2.95 bits per heavy atom. The summed E-state index contributed by atoms with van der Waals surface area (Å²) in [6.07, 6.45) is 1.61. The Morgan fingerprint density at radius 1 is 1.24 bits per heavy atom. The number of alkyl halides is 1. The van der Waals surface area contributed by atoms with Crippen molar-refractivity contribution in [1.82, 2.24) is 9.97 Å². The van der Waals surface area contributed by atoms with Crippen LogP contribution >= 0.6 is 11.3 Å². The van der Waals surface area contributed by atoms with Gasteiger partial charge in [0.25, 0.3) is 0 Å². The van der Waals surface area contributed by atoms with E-state index in [2.05, 4.69) is 16.0 Å². The van der Waals surface area contributed by atoms with Gasteiger partial charge in [0.15, 0.2) is 0 Å². The van der Waals surface area contributed by atoms with Gasteiger partial charge in [0, 0.05) is 10.9 Å². The average molecular weight is 304 g/mol. The number of aromatic nitrogens is 2. The molecule has 1 aromatic carbocycles. The van der Waals surface area contributed by atoms with Crippen LogP contribution < -0.4 is 9.47 Å². The third-order valence-corrected chi connectivity index (χ3v) is 4.04. The standard InChI is InChI=1S/C15H13FN2O2S/c1-19-11-3-2-10-8-14(21-13(10)9-11)12-4-6-17-15(18-12)20-7-5-16/h2-4,6,8-9H,5,7H2,1H3. The summed E-state index contributed by atoms with van der Waals surface area (Å²) in [5, 5.41) is 1.13. The molecule has 2 aromatic heterocycles. The quantitative estimate of drug-likeness (QED) is 0.720. The van der Waals surface area contributed by atoms with Crippen LogP contribution in [0.3, 0.4) is 0 Å². The zero-order valence-electron chi connectivity index (χ0n) is 11.4. The summed E-state index contributed by atoms with van der Waals surface area (Å²) in [4.78, 5) is 9.27. The summed E-state index contributed by atoms with van der Waals surface area (Å²) in [7, 11) is 1.65. The molecule has 0 amide bonds. The summed E-state index contributed by atoms with van der Waals surface area (Å²) in [6, 6.07) is 9.99. The Kier molecular flexibility index (Phi) is 3.96. The lowest BCUT2D eigenvalue weighted by atomic mass is 10.2. The number of fused-ring (bicyclic) bond motifs is 1. The predicted octanol–water partition coefficient (Wildman–Crippen LogP) is 3.72. The molecule has 0 radical (unpaired) electrons. The lowest BCUT2D eigenvalue weighted by Gasteiger charge is -2.02. The maximum Gasteiger partial charge on any atom is 0.317 e. The minimum absolute atomic E-state index is 0.0347. The second kappa shape index (κ2) is 6.05. The molecule has 21 heavy (non-hydrogen) atoms. The van der Waals surface area contributed by atoms with Crippen molar-refractivity contribution in [3.05, 3.63) is 36.5 Å². The Labute approximate surface area is 125 Å². The van der Waals surface area contributed by atoms with E-state index in [1.807, 2.05) is 24.3 Å². The van der Waals surface area contributed by atoms with Crippen LogP contribution in [0.2, 0.25) is 0 Å². The van der Waals surface area contributed by atoms with Gasteiger partial charge in [-0.25, -0.2) is 9.37 Å². The first-order valence-electron chi connectivity index (χ1n) is 6.40. The van der Waals surface area contributed by atoms with Crippen LogP contribution in [0.25, 0.3) is 20.7 Å². The van der Waals surface area contributed by atoms with Crippen molar-refractivity contribution >= 4 is 21.4 Å². The molecule has 3 aromatic rings. The number of methoxy groups -OCH3 is 1. The van der Waals surface area contributed by atoms with E-state index in [0.29, 0.717) is 0 Å². The van der Waals surface area contributed by atoms with E-state index in [-0.39, 0.29) is 12.6 Å². The molecule has 2 heterocycles. The fraction of sp³-hybridized carbons (Fsp3) is 0.200. The molecular weight excluding hydrogens is 291 g/mol. The summed E-state index contributed by atoms with van der Waals surface area (Å²) >= 11 is 1.61. The Bertz CT molecular complexity index is 760. The van der Waals surface area contributed by atoms with Crippen LogP contribution in [0.4, 0.5) is 4.39 Å². The molecule has 3 rings (SSSR count). The number of thiophene rings is 1. The number of rotatable bonds is 5. The zero-order chi connectivity index (χ0) is 14.7. The molecule has 6 heteroatoms. The molecule has 0 aliphatic carbocycles. The van der Waals surface area contributed by atoms with Crippen molar-refractivity contribution in [2.75, 3.05) is 20.4 Å². The molecule has 0 atom stereocenters. The smallest absolute Gasteiger partial charge is 0.317 e. The highest BCUT2D eigenvalue weighted by Gasteiger charge is 2.08. The zero-order valence-corrected chi connectivity index (χ0v) is 12.2. The summed E-state index contributed by atoms with van der Waals surface area (Å²) in [5.74, 6) is 0.825. The fourth-order valence-electron chi connectivity index (χ4n) is 1.94. The first kappa shape index (κ1) is 13.8. The first-order chi connectivity index (χ1) is 10.3. The molecule has 108 valence electrons. The predicted molar refractivity (Wildman–Crippen MR) is 80.9 cm³/mol. The maximum atomic E-state index is 12.1. The van der Waals surface area contributed by atoms with Gasteiger partial charge in [-0.05, 0) is 35.7 Å². The molecule has 0 saturated heterocycles. The fourth-order valence-corrected chi connectivity index (χ4v) is 3.00. The number of benzene rings is 1. The third-order valence-electron chi connectivity index (χ3n) is 2.92. The van der Waals surface area contributed by atoms with Crippen molar-refractivity contribution in [3.8, 4) is 22.3 Å². The van der Waals surface area contributed by atoms with Gasteiger partial charge in [0.05, 0.1) is 17.7 Å². The van der Waals surface area contributed by atoms with Crippen molar-refractivity contribution in [1.29, 1.82) is 0 Å². The van der Waals surface area contributed by atoms with Crippen molar-refractivity contribution in [2.24, 2.45) is 0 Å². The highest BCUT2D eigenvalue weighted by molar-refractivity contribution is 7.22. The van der Waals surface area contributed by atoms with E-state index < -0.39 is 6.67 Å². The van der Waals surface area contributed by atoms with Crippen molar-refractivity contribution in [2.45, 2.75) is 0 Å². The monoisotopic (exact) mass is 304 g/mol. The Balaban J connectivity index is 1.96. The van der Waals surface area contributed by atoms with E-state index in [4.69, 9.17) is 9.47 Å². The number of hydrogen-bond donors (Lipinski definition) is 0. The lowest BCUT2D eigenvalue weighted by Crippen LogP contribution is -2.02. The Morgan fingerprint density at radius 2 is 2.14 bits per heavy atom. The van der Waals surface area contributed by atoms with Crippen LogP contribution in [-0.2, 0) is 0 Å². The summed E-state index contributed by atoms with van der Waals surface area (Å²) in [6.45, 7) is -0.594. The van der Waals surface area contributed by atoms with Gasteiger partial charge in [0.1, 0.15) is 19.0 Å². The summed E-state index contributed by atoms with van der Waals surface area (Å²) in [5.41, 5.74) is 0.763. The number of nitrogens with zero attached hydrogens (tertiary/aromatic N) is 2. The third kappa shape index (κ3) is 2.95. The van der Waals surface area contributed by atoms with Gasteiger partial charge in [-0.15, -0.1) is 11.3 Å². The van der Waals surface area contributed by atoms with Crippen LogP contribution in [0, 0.1) is 0 Å². The van der Waals surface area contributed by atoms with Gasteiger partial charge >= 0.3 is 6.01 Å². The minimum atomic E-state index is -0.559. The molecule has 0 unspecified atom stereocenters. The maximum absolute atomic E-state index is 12.1. The molecule has 4 nitrogen and oxygen atoms in total. The highest BCUT2D eigenvalue weighted by Crippen LogP contribution is 2.34. The number of halogens is 1. The van der Waals surface area contributed by atoms with E-state index in [0.717, 1.165) is 26.4 Å². The van der Waals surface area contributed by atoms with E-state index in [9.17, 15) is 4.39 Å². The van der Waals surface area contributed by atoms with Gasteiger partial charge in [-0.1, -0.05) is 0 Å². The molecule has 0 bridgehead atoms. The van der Waals surface area contributed by atoms with Crippen molar-refractivity contribution < 1.29 is 13.9 Å². The normalized spacial score (nSPS) is 10.8. The highest BCUT2D eigenvalue weighted by atomic mass is 32.1. The van der Waals surface area contributed by atoms with Gasteiger partial charge < -0.3 is 9.47 Å². The van der Waals surface area contributed by atoms with Crippen LogP contribution in [0.1, 0.15) is 0 Å². The average Bonchev–Trinajstić information content (AvgIpc) is 2.96. The molecule has 0 saturated carbocycles. The van der Waals surface area contributed by atoms with Gasteiger partial charge in [-0.2, -0.15) is 4.98 Å². The van der Waals surface area contributed by atoms with E-state index in [1.165, 1.54) is 0 Å². The molecule has 0 fully saturated rings. The molecule has 0 aliphatic heterocycles.